The normalized spacial score (nSPS) is 16.4. The van der Waals surface area contributed by atoms with Gasteiger partial charge in [-0.3, -0.25) is 9.55 Å². The van der Waals surface area contributed by atoms with E-state index >= 15 is 0 Å². The van der Waals surface area contributed by atoms with Crippen LogP contribution in [0.4, 0.5) is 0 Å². The van der Waals surface area contributed by atoms with Gasteiger partial charge in [0.05, 0.1) is 31.9 Å². The minimum Gasteiger partial charge on any atom is -0.507 e. The first-order valence-electron chi connectivity index (χ1n) is 29.6. The second kappa shape index (κ2) is 18.0. The van der Waals surface area contributed by atoms with Gasteiger partial charge < -0.3 is 5.11 Å². The minimum absolute atomic E-state index is 0. The van der Waals surface area contributed by atoms with E-state index in [-0.39, 0.29) is 49.9 Å². The van der Waals surface area contributed by atoms with Gasteiger partial charge in [0.1, 0.15) is 11.6 Å². The molecule has 0 spiro atoms. The molecule has 2 aromatic heterocycles. The maximum absolute atomic E-state index is 12.4. The molecule has 1 N–H and O–H groups in total. The van der Waals surface area contributed by atoms with Gasteiger partial charge in [-0.25, -0.2) is 4.98 Å². The summed E-state index contributed by atoms with van der Waals surface area (Å²) in [6.45, 7) is 8.86. The Kier molecular flexibility index (Phi) is 8.48. The topological polar surface area (TPSA) is 50.9 Å². The van der Waals surface area contributed by atoms with Crippen molar-refractivity contribution in [3.05, 3.63) is 167 Å². The summed E-state index contributed by atoms with van der Waals surface area (Å²) in [7, 11) is 0. The molecule has 0 bridgehead atoms. The molecule has 65 heavy (non-hydrogen) atoms. The molecule has 0 aliphatic carbocycles. The van der Waals surface area contributed by atoms with Gasteiger partial charge in [-0.15, -0.1) is 29.3 Å². The number of aromatic nitrogens is 3. The molecule has 0 amide bonds. The summed E-state index contributed by atoms with van der Waals surface area (Å²) in [6, 6.07) is 27.0. The molecule has 8 aromatic rings. The van der Waals surface area contributed by atoms with E-state index < -0.39 is 95.9 Å². The summed E-state index contributed by atoms with van der Waals surface area (Å²) in [5, 5.41) is 12.4. The van der Waals surface area contributed by atoms with Crippen molar-refractivity contribution in [3.8, 4) is 67.5 Å². The molecule has 0 atom stereocenters. The van der Waals surface area contributed by atoms with E-state index in [0.717, 1.165) is 33.5 Å². The van der Waals surface area contributed by atoms with E-state index in [4.69, 9.17) is 22.8 Å². The molecular formula is C60H64N3OPt-. The Hall–Kier alpha value is -5.57. The number of imidazole rings is 1. The second-order valence-electron chi connectivity index (χ2n) is 19.3. The predicted molar refractivity (Wildman–Crippen MR) is 271 cm³/mol. The SMILES string of the molecule is [2H]c1nc(-c2[c-]c(-c3cccc4c3nc(-c3cc(C(C)C)cc(C(C)C)c3O)n4-c3ccc(-c4ccccc4)cc3C(C)(C)C)cc(C(C)(C)C)c2)c([2H])c(-c2c([2H])c([2H])c(C(C([2H])([2H])[2H])(C([2H])([2H])[2H])C([2H])([2H])[2H])c([2H])c2[2H])c1[2H].[Pt]. The van der Waals surface area contributed by atoms with E-state index in [1.54, 1.807) is 6.07 Å². The minimum atomic E-state index is -3.92. The maximum Gasteiger partial charge on any atom is 0.148 e. The first-order chi connectivity index (χ1) is 36.9. The van der Waals surface area contributed by atoms with Crippen molar-refractivity contribution in [1.29, 1.82) is 0 Å². The van der Waals surface area contributed by atoms with E-state index in [1.807, 2.05) is 89.2 Å². The summed E-state index contributed by atoms with van der Waals surface area (Å²) in [5.74, 6) is 0.629. The molecule has 4 nitrogen and oxygen atoms in total. The van der Waals surface area contributed by atoms with E-state index in [0.29, 0.717) is 39.1 Å². The van der Waals surface area contributed by atoms with Crippen LogP contribution >= 0.6 is 0 Å². The van der Waals surface area contributed by atoms with Crippen LogP contribution in [-0.4, -0.2) is 19.6 Å². The number of nitrogens with zero attached hydrogens (tertiary/aromatic N) is 3. The Morgan fingerprint density at radius 2 is 1.35 bits per heavy atom. The molecule has 0 fully saturated rings. The zero-order chi connectivity index (χ0) is 59.5. The third-order valence-corrected chi connectivity index (χ3v) is 11.7. The van der Waals surface area contributed by atoms with Crippen molar-refractivity contribution >= 4 is 11.0 Å². The fourth-order valence-electron chi connectivity index (χ4n) is 7.98. The average molecular weight is 1050 g/mol. The van der Waals surface area contributed by atoms with Gasteiger partial charge >= 0.3 is 0 Å². The molecule has 0 radical (unpaired) electrons. The third kappa shape index (κ3) is 9.57. The molecule has 8 rings (SSSR count). The van der Waals surface area contributed by atoms with Crippen molar-refractivity contribution < 1.29 is 48.1 Å². The monoisotopic (exact) mass is 1050 g/mol. The van der Waals surface area contributed by atoms with Crippen LogP contribution < -0.4 is 0 Å². The zero-order valence-corrected chi connectivity index (χ0v) is 40.7. The predicted octanol–water partition coefficient (Wildman–Crippen LogP) is 16.4. The second-order valence-corrected chi connectivity index (χ2v) is 19.3. The molecule has 0 unspecified atom stereocenters. The largest absolute Gasteiger partial charge is 0.507 e. The average Bonchev–Trinajstić information content (AvgIpc) is 3.74. The van der Waals surface area contributed by atoms with Crippen molar-refractivity contribution in [1.82, 2.24) is 14.5 Å². The van der Waals surface area contributed by atoms with Gasteiger partial charge in [0.2, 0.25) is 0 Å². The third-order valence-electron chi connectivity index (χ3n) is 11.7. The van der Waals surface area contributed by atoms with E-state index in [9.17, 15) is 9.22 Å². The van der Waals surface area contributed by atoms with E-state index in [2.05, 4.69) is 80.6 Å². The summed E-state index contributed by atoms with van der Waals surface area (Å²) < 4.78 is 141. The van der Waals surface area contributed by atoms with Crippen LogP contribution in [0.2, 0.25) is 0 Å². The first kappa shape index (κ1) is 30.6. The standard InChI is InChI=1S/C60H64N3O.Pt/c1-37(2)43-33-49(38(3)4)56(64)50(34-43)57-62-55-48(20-17-21-54(55)63(57)53-27-24-41(35-51(53)60(11,12)13)39-18-15-14-16-19-39)44-30-45(32-47(31-44)59(8,9)10)52-36-42(28-29-61-52)40-22-25-46(26-23-40)58(5,6)7;/h14-29,31-38,64H,1-13H3;/q-1;/i5D3,6D3,7D3,22D,23D,25D,26D,28D,29D,36D;. The number of phenols is 1. The van der Waals surface area contributed by atoms with Crippen molar-refractivity contribution in [2.45, 2.75) is 118 Å². The molecule has 0 saturated heterocycles. The van der Waals surface area contributed by atoms with Crippen LogP contribution in [0.3, 0.4) is 0 Å². The summed E-state index contributed by atoms with van der Waals surface area (Å²) in [6.07, 6.45) is -0.743. The van der Waals surface area contributed by atoms with Gasteiger partial charge in [0.15, 0.2) is 0 Å². The summed E-state index contributed by atoms with van der Waals surface area (Å²) >= 11 is 0. The fraction of sp³-hybridized carbons (Fsp3) is 0.300. The van der Waals surface area contributed by atoms with Crippen LogP contribution in [-0.2, 0) is 37.3 Å². The molecular weight excluding hydrogens is 974 g/mol. The number of aromatic hydroxyl groups is 1. The molecule has 2 heterocycles. The fourth-order valence-corrected chi connectivity index (χ4v) is 7.98. The molecule has 5 heteroatoms. The van der Waals surface area contributed by atoms with Gasteiger partial charge in [0, 0.05) is 45.3 Å². The van der Waals surface area contributed by atoms with Crippen LogP contribution in [0.5, 0.6) is 5.75 Å². The van der Waals surface area contributed by atoms with Gasteiger partial charge in [-0.2, -0.15) is 0 Å². The number of pyridine rings is 1. The number of benzene rings is 6. The Bertz CT molecular complexity index is 3690. The van der Waals surface area contributed by atoms with E-state index in [1.165, 1.54) is 0 Å². The maximum atomic E-state index is 12.4. The number of rotatable bonds is 8. The Balaban J connectivity index is 0.00000946. The van der Waals surface area contributed by atoms with Gasteiger partial charge in [0.25, 0.3) is 0 Å². The summed E-state index contributed by atoms with van der Waals surface area (Å²) in [5.41, 5.74) is 1.38. The molecule has 0 saturated carbocycles. The van der Waals surface area contributed by atoms with Crippen molar-refractivity contribution in [3.63, 3.8) is 0 Å². The number of phenolic OH excluding ortho intramolecular Hbond substituents is 1. The molecule has 6 aromatic carbocycles. The van der Waals surface area contributed by atoms with Gasteiger partial charge in [-0.1, -0.05) is 186 Å². The number of para-hydroxylation sites is 1. The Morgan fingerprint density at radius 1 is 0.646 bits per heavy atom. The van der Waals surface area contributed by atoms with Crippen LogP contribution in [0.1, 0.15) is 151 Å². The van der Waals surface area contributed by atoms with Crippen LogP contribution in [0.15, 0.2) is 133 Å². The number of hydrogen-bond acceptors (Lipinski definition) is 3. The number of fused-ring (bicyclic) bond motifs is 1. The zero-order valence-electron chi connectivity index (χ0n) is 54.4. The molecule has 0 aliphatic rings. The van der Waals surface area contributed by atoms with Gasteiger partial charge in [-0.05, 0) is 103 Å². The first-order valence-corrected chi connectivity index (χ1v) is 21.6. The Labute approximate surface area is 425 Å². The van der Waals surface area contributed by atoms with Crippen molar-refractivity contribution in [2.75, 3.05) is 0 Å². The smallest absolute Gasteiger partial charge is 0.148 e. The Morgan fingerprint density at radius 3 is 2.00 bits per heavy atom. The molecule has 0 aliphatic heterocycles. The van der Waals surface area contributed by atoms with Crippen molar-refractivity contribution in [2.24, 2.45) is 0 Å². The molecule has 336 valence electrons. The number of hydrogen-bond donors (Lipinski definition) is 1. The van der Waals surface area contributed by atoms with Crippen LogP contribution in [0.25, 0.3) is 72.7 Å². The van der Waals surface area contributed by atoms with Crippen LogP contribution in [0, 0.1) is 6.07 Å². The summed E-state index contributed by atoms with van der Waals surface area (Å²) in [4.78, 5) is 9.88. The quantitative estimate of drug-likeness (QED) is 0.154.